The molecule has 0 amide bonds. The summed E-state index contributed by atoms with van der Waals surface area (Å²) >= 11 is 0. The maximum atomic E-state index is 12.3. The summed E-state index contributed by atoms with van der Waals surface area (Å²) in [6.45, 7) is 7.23. The van der Waals surface area contributed by atoms with Crippen LogP contribution < -0.4 is 0 Å². The van der Waals surface area contributed by atoms with Gasteiger partial charge in [-0.05, 0) is 64.5 Å². The number of ether oxygens (including phenoxy) is 4. The standard InChI is InChI=1S/C34H65NO6/c1-5-7-9-11-13-23-32(36)40-28-30(29-41-33(37)24-14-12-10-8-6-2)20-17-18-26-35(31-21-15-16-22-31)27-19-25-34(38-3)39-4/h30-31,34H,5-29H2,1-4H3. The van der Waals surface area contributed by atoms with Gasteiger partial charge in [-0.1, -0.05) is 84.5 Å². The highest BCUT2D eigenvalue weighted by molar-refractivity contribution is 5.69. The van der Waals surface area contributed by atoms with E-state index in [1.165, 1.54) is 64.2 Å². The Labute approximate surface area is 252 Å². The van der Waals surface area contributed by atoms with Crippen LogP contribution >= 0.6 is 0 Å². The van der Waals surface area contributed by atoms with E-state index in [-0.39, 0.29) is 24.1 Å². The topological polar surface area (TPSA) is 74.3 Å². The summed E-state index contributed by atoms with van der Waals surface area (Å²) in [5.74, 6) is -0.176. The van der Waals surface area contributed by atoms with Gasteiger partial charge >= 0.3 is 11.9 Å². The smallest absolute Gasteiger partial charge is 0.305 e. The second-order valence-electron chi connectivity index (χ2n) is 12.1. The van der Waals surface area contributed by atoms with Crippen molar-refractivity contribution in [1.29, 1.82) is 0 Å². The highest BCUT2D eigenvalue weighted by atomic mass is 16.7. The Bertz CT molecular complexity index is 590. The Hall–Kier alpha value is -1.18. The van der Waals surface area contributed by atoms with Crippen LogP contribution in [0.5, 0.6) is 0 Å². The fraction of sp³-hybridized carbons (Fsp3) is 0.941. The van der Waals surface area contributed by atoms with Crippen LogP contribution in [0.4, 0.5) is 0 Å². The van der Waals surface area contributed by atoms with Crippen LogP contribution in [0.1, 0.15) is 149 Å². The minimum atomic E-state index is -0.126. The summed E-state index contributed by atoms with van der Waals surface area (Å²) in [4.78, 5) is 27.4. The molecule has 0 radical (unpaired) electrons. The number of esters is 2. The summed E-state index contributed by atoms with van der Waals surface area (Å²) in [5.41, 5.74) is 0. The van der Waals surface area contributed by atoms with Gasteiger partial charge < -0.3 is 23.8 Å². The second-order valence-corrected chi connectivity index (χ2v) is 12.1. The third kappa shape index (κ3) is 20.4. The van der Waals surface area contributed by atoms with Crippen molar-refractivity contribution < 1.29 is 28.5 Å². The summed E-state index contributed by atoms with van der Waals surface area (Å²) in [7, 11) is 3.41. The molecule has 0 saturated heterocycles. The average molecular weight is 584 g/mol. The number of unbranched alkanes of at least 4 members (excludes halogenated alkanes) is 9. The predicted octanol–water partition coefficient (Wildman–Crippen LogP) is 8.22. The molecule has 1 aliphatic rings. The normalized spacial score (nSPS) is 14.0. The van der Waals surface area contributed by atoms with E-state index in [1.54, 1.807) is 14.2 Å². The molecular weight excluding hydrogens is 518 g/mol. The lowest BCUT2D eigenvalue weighted by Crippen LogP contribution is -2.35. The van der Waals surface area contributed by atoms with Crippen LogP contribution in [0.25, 0.3) is 0 Å². The molecule has 41 heavy (non-hydrogen) atoms. The van der Waals surface area contributed by atoms with Gasteiger partial charge in [0.1, 0.15) is 0 Å². The molecule has 7 heteroatoms. The maximum Gasteiger partial charge on any atom is 0.305 e. The minimum absolute atomic E-state index is 0.0622. The number of methoxy groups -OCH3 is 2. The van der Waals surface area contributed by atoms with Gasteiger partial charge in [-0.25, -0.2) is 0 Å². The van der Waals surface area contributed by atoms with Crippen LogP contribution in [-0.4, -0.2) is 69.7 Å². The van der Waals surface area contributed by atoms with E-state index in [0.717, 1.165) is 70.9 Å². The number of hydrogen-bond donors (Lipinski definition) is 0. The van der Waals surface area contributed by atoms with E-state index >= 15 is 0 Å². The van der Waals surface area contributed by atoms with Crippen molar-refractivity contribution in [3.8, 4) is 0 Å². The van der Waals surface area contributed by atoms with Gasteiger partial charge in [0.2, 0.25) is 0 Å². The first-order valence-electron chi connectivity index (χ1n) is 17.1. The highest BCUT2D eigenvalue weighted by Crippen LogP contribution is 2.25. The maximum absolute atomic E-state index is 12.3. The van der Waals surface area contributed by atoms with Crippen LogP contribution in [0, 0.1) is 5.92 Å². The fourth-order valence-corrected chi connectivity index (χ4v) is 5.81. The Morgan fingerprint density at radius 1 is 0.659 bits per heavy atom. The number of carbonyl (C=O) groups is 2. The second kappa shape index (κ2) is 26.4. The molecule has 7 nitrogen and oxygen atoms in total. The Morgan fingerprint density at radius 2 is 1.17 bits per heavy atom. The zero-order valence-electron chi connectivity index (χ0n) is 27.3. The van der Waals surface area contributed by atoms with E-state index in [4.69, 9.17) is 18.9 Å². The molecule has 0 aromatic heterocycles. The zero-order valence-corrected chi connectivity index (χ0v) is 27.3. The number of hydrogen-bond acceptors (Lipinski definition) is 7. The first-order chi connectivity index (χ1) is 20.0. The molecule has 0 bridgehead atoms. The van der Waals surface area contributed by atoms with Crippen molar-refractivity contribution in [2.75, 3.05) is 40.5 Å². The number of carbonyl (C=O) groups excluding carboxylic acids is 2. The molecule has 0 aliphatic heterocycles. The Morgan fingerprint density at radius 3 is 1.68 bits per heavy atom. The molecule has 0 unspecified atom stereocenters. The molecule has 0 aromatic rings. The van der Waals surface area contributed by atoms with Crippen LogP contribution in [0.3, 0.4) is 0 Å². The van der Waals surface area contributed by atoms with Crippen LogP contribution in [0.2, 0.25) is 0 Å². The van der Waals surface area contributed by atoms with E-state index in [2.05, 4.69) is 18.7 Å². The summed E-state index contributed by atoms with van der Waals surface area (Å²) < 4.78 is 22.1. The van der Waals surface area contributed by atoms with Crippen LogP contribution in [-0.2, 0) is 28.5 Å². The van der Waals surface area contributed by atoms with Gasteiger partial charge in [-0.3, -0.25) is 9.59 Å². The molecule has 1 rings (SSSR count). The molecule has 1 aliphatic carbocycles. The fourth-order valence-electron chi connectivity index (χ4n) is 5.81. The zero-order chi connectivity index (χ0) is 30.0. The molecule has 1 fully saturated rings. The quantitative estimate of drug-likeness (QED) is 0.0522. The molecular formula is C34H65NO6. The SMILES string of the molecule is CCCCCCCC(=O)OCC(CCCCN(CCCC(OC)OC)C1CCCC1)COC(=O)CCCCCCC. The Kier molecular flexibility index (Phi) is 24.4. The number of nitrogens with zero attached hydrogens (tertiary/aromatic N) is 1. The first-order valence-corrected chi connectivity index (χ1v) is 17.1. The van der Waals surface area contributed by atoms with Gasteiger partial charge in [0.15, 0.2) is 6.29 Å². The van der Waals surface area contributed by atoms with Crippen LogP contribution in [0.15, 0.2) is 0 Å². The van der Waals surface area contributed by atoms with E-state index < -0.39 is 0 Å². The predicted molar refractivity (Wildman–Crippen MR) is 167 cm³/mol. The van der Waals surface area contributed by atoms with Crippen molar-refractivity contribution in [3.05, 3.63) is 0 Å². The lowest BCUT2D eigenvalue weighted by atomic mass is 10.0. The molecule has 0 aromatic carbocycles. The van der Waals surface area contributed by atoms with Gasteiger partial charge in [0.25, 0.3) is 0 Å². The van der Waals surface area contributed by atoms with Crippen molar-refractivity contribution in [3.63, 3.8) is 0 Å². The molecule has 1 saturated carbocycles. The van der Waals surface area contributed by atoms with Crippen molar-refractivity contribution in [2.24, 2.45) is 5.92 Å². The lowest BCUT2D eigenvalue weighted by Gasteiger charge is -2.29. The third-order valence-corrected chi connectivity index (χ3v) is 8.49. The summed E-state index contributed by atoms with van der Waals surface area (Å²) in [6.07, 6.45) is 22.2. The van der Waals surface area contributed by atoms with E-state index in [1.807, 2.05) is 0 Å². The third-order valence-electron chi connectivity index (χ3n) is 8.49. The van der Waals surface area contributed by atoms with Crippen molar-refractivity contribution in [1.82, 2.24) is 4.90 Å². The van der Waals surface area contributed by atoms with Crippen molar-refractivity contribution in [2.45, 2.75) is 161 Å². The van der Waals surface area contributed by atoms with Gasteiger partial charge in [0, 0.05) is 39.0 Å². The molecule has 0 N–H and O–H groups in total. The lowest BCUT2D eigenvalue weighted by molar-refractivity contribution is -0.149. The average Bonchev–Trinajstić information content (AvgIpc) is 3.52. The van der Waals surface area contributed by atoms with Gasteiger partial charge in [-0.15, -0.1) is 0 Å². The number of rotatable bonds is 28. The summed E-state index contributed by atoms with van der Waals surface area (Å²) in [6, 6.07) is 0.686. The molecule has 242 valence electrons. The van der Waals surface area contributed by atoms with Gasteiger partial charge in [0.05, 0.1) is 13.2 Å². The molecule has 0 heterocycles. The Balaban J connectivity index is 2.49. The van der Waals surface area contributed by atoms with E-state index in [0.29, 0.717) is 32.1 Å². The summed E-state index contributed by atoms with van der Waals surface area (Å²) in [5, 5.41) is 0. The highest BCUT2D eigenvalue weighted by Gasteiger charge is 2.23. The minimum Gasteiger partial charge on any atom is -0.465 e. The molecule has 0 atom stereocenters. The monoisotopic (exact) mass is 583 g/mol. The van der Waals surface area contributed by atoms with E-state index in [9.17, 15) is 9.59 Å². The molecule has 0 spiro atoms. The first kappa shape index (κ1) is 37.8. The van der Waals surface area contributed by atoms with Crippen molar-refractivity contribution >= 4 is 11.9 Å². The largest absolute Gasteiger partial charge is 0.465 e. The van der Waals surface area contributed by atoms with Gasteiger partial charge in [-0.2, -0.15) is 0 Å².